The highest BCUT2D eigenvalue weighted by Crippen LogP contribution is 2.47. The molecule has 4 rings (SSSR count). The first-order valence-corrected chi connectivity index (χ1v) is 11.2. The van der Waals surface area contributed by atoms with Crippen molar-refractivity contribution in [2.24, 2.45) is 5.41 Å². The SMILES string of the molecule is Cc1ccc(C(C)(C)N2CC[C@](CCc3cccs3)(C3CCCO3)C2)cn1. The Morgan fingerprint density at radius 1 is 1.33 bits per heavy atom. The summed E-state index contributed by atoms with van der Waals surface area (Å²) in [7, 11) is 0. The van der Waals surface area contributed by atoms with Crippen LogP contribution in [0.2, 0.25) is 0 Å². The highest BCUT2D eigenvalue weighted by molar-refractivity contribution is 7.09. The predicted molar refractivity (Wildman–Crippen MR) is 112 cm³/mol. The van der Waals surface area contributed by atoms with Crippen LogP contribution in [-0.2, 0) is 16.7 Å². The monoisotopic (exact) mass is 384 g/mol. The molecule has 2 aliphatic heterocycles. The molecule has 27 heavy (non-hydrogen) atoms. The largest absolute Gasteiger partial charge is 0.378 e. The van der Waals surface area contributed by atoms with Crippen molar-refractivity contribution in [1.29, 1.82) is 0 Å². The van der Waals surface area contributed by atoms with Gasteiger partial charge in [-0.05, 0) is 82.5 Å². The number of hydrogen-bond acceptors (Lipinski definition) is 4. The van der Waals surface area contributed by atoms with Gasteiger partial charge in [-0.15, -0.1) is 11.3 Å². The maximum atomic E-state index is 6.26. The molecule has 0 amide bonds. The summed E-state index contributed by atoms with van der Waals surface area (Å²) in [5.74, 6) is 0. The highest BCUT2D eigenvalue weighted by Gasteiger charge is 2.49. The Bertz CT molecular complexity index is 734. The molecule has 0 N–H and O–H groups in total. The van der Waals surface area contributed by atoms with Gasteiger partial charge in [0.1, 0.15) is 0 Å². The number of thiophene rings is 1. The highest BCUT2D eigenvalue weighted by atomic mass is 32.1. The molecule has 0 spiro atoms. The molecule has 2 fully saturated rings. The van der Waals surface area contributed by atoms with Crippen LogP contribution in [0.5, 0.6) is 0 Å². The van der Waals surface area contributed by atoms with Crippen molar-refractivity contribution in [1.82, 2.24) is 9.88 Å². The van der Waals surface area contributed by atoms with Crippen molar-refractivity contribution in [3.63, 3.8) is 0 Å². The van der Waals surface area contributed by atoms with Crippen molar-refractivity contribution in [2.75, 3.05) is 19.7 Å². The average Bonchev–Trinajstić information content (AvgIpc) is 3.41. The number of likely N-dealkylation sites (tertiary alicyclic amines) is 1. The van der Waals surface area contributed by atoms with E-state index in [0.717, 1.165) is 25.4 Å². The van der Waals surface area contributed by atoms with Gasteiger partial charge in [0.2, 0.25) is 0 Å². The van der Waals surface area contributed by atoms with Crippen molar-refractivity contribution in [3.05, 3.63) is 52.0 Å². The second-order valence-corrected chi connectivity index (χ2v) is 9.89. The molecule has 146 valence electrons. The smallest absolute Gasteiger partial charge is 0.0645 e. The number of pyridine rings is 1. The van der Waals surface area contributed by atoms with Crippen LogP contribution in [0, 0.1) is 12.3 Å². The van der Waals surface area contributed by atoms with Gasteiger partial charge < -0.3 is 4.74 Å². The molecule has 0 bridgehead atoms. The Morgan fingerprint density at radius 3 is 2.89 bits per heavy atom. The number of aromatic nitrogens is 1. The van der Waals surface area contributed by atoms with E-state index in [1.165, 1.54) is 42.5 Å². The number of ether oxygens (including phenoxy) is 1. The molecule has 2 aromatic rings. The van der Waals surface area contributed by atoms with E-state index in [1.807, 2.05) is 11.3 Å². The third kappa shape index (κ3) is 3.85. The summed E-state index contributed by atoms with van der Waals surface area (Å²) in [6.07, 6.45) is 8.59. The van der Waals surface area contributed by atoms with Gasteiger partial charge >= 0.3 is 0 Å². The van der Waals surface area contributed by atoms with Crippen LogP contribution in [-0.4, -0.2) is 35.7 Å². The summed E-state index contributed by atoms with van der Waals surface area (Å²) in [4.78, 5) is 8.73. The number of hydrogen-bond donors (Lipinski definition) is 0. The summed E-state index contributed by atoms with van der Waals surface area (Å²) in [6, 6.07) is 8.84. The fraction of sp³-hybridized carbons (Fsp3) is 0.609. The predicted octanol–water partition coefficient (Wildman–Crippen LogP) is 5.19. The summed E-state index contributed by atoms with van der Waals surface area (Å²) in [5, 5.41) is 2.20. The molecule has 4 heterocycles. The summed E-state index contributed by atoms with van der Waals surface area (Å²) >= 11 is 1.89. The minimum absolute atomic E-state index is 0.00395. The molecule has 0 aliphatic carbocycles. The second-order valence-electron chi connectivity index (χ2n) is 8.86. The topological polar surface area (TPSA) is 25.4 Å². The van der Waals surface area contributed by atoms with Crippen LogP contribution < -0.4 is 0 Å². The zero-order valence-corrected chi connectivity index (χ0v) is 17.7. The lowest BCUT2D eigenvalue weighted by Gasteiger charge is -2.40. The van der Waals surface area contributed by atoms with Crippen molar-refractivity contribution >= 4 is 11.3 Å². The molecule has 2 aliphatic rings. The molecule has 0 aromatic carbocycles. The van der Waals surface area contributed by atoms with Gasteiger partial charge in [-0.3, -0.25) is 9.88 Å². The van der Waals surface area contributed by atoms with E-state index in [4.69, 9.17) is 4.74 Å². The lowest BCUT2D eigenvalue weighted by atomic mass is 9.75. The van der Waals surface area contributed by atoms with Crippen LogP contribution in [0.4, 0.5) is 0 Å². The van der Waals surface area contributed by atoms with Crippen LogP contribution in [0.1, 0.15) is 55.7 Å². The minimum atomic E-state index is 0.00395. The van der Waals surface area contributed by atoms with Gasteiger partial charge in [0, 0.05) is 40.9 Å². The van der Waals surface area contributed by atoms with Crippen molar-refractivity contribution in [2.45, 2.75) is 64.5 Å². The van der Waals surface area contributed by atoms with Gasteiger partial charge in [-0.1, -0.05) is 12.1 Å². The third-order valence-electron chi connectivity index (χ3n) is 6.86. The average molecular weight is 385 g/mol. The fourth-order valence-corrected chi connectivity index (χ4v) is 5.61. The van der Waals surface area contributed by atoms with E-state index in [-0.39, 0.29) is 11.0 Å². The Balaban J connectivity index is 1.54. The Hall–Kier alpha value is -1.23. The number of nitrogens with zero attached hydrogens (tertiary/aromatic N) is 2. The normalized spacial score (nSPS) is 26.7. The maximum Gasteiger partial charge on any atom is 0.0645 e. The van der Waals surface area contributed by atoms with Gasteiger partial charge in [-0.25, -0.2) is 0 Å². The Morgan fingerprint density at radius 2 is 2.22 bits per heavy atom. The lowest BCUT2D eigenvalue weighted by molar-refractivity contribution is -0.00823. The fourth-order valence-electron chi connectivity index (χ4n) is 4.90. The molecule has 2 atom stereocenters. The first-order chi connectivity index (χ1) is 13.0. The maximum absolute atomic E-state index is 6.26. The molecule has 4 heteroatoms. The van der Waals surface area contributed by atoms with E-state index in [0.29, 0.717) is 6.10 Å². The lowest BCUT2D eigenvalue weighted by Crippen LogP contribution is -2.44. The van der Waals surface area contributed by atoms with Crippen LogP contribution in [0.15, 0.2) is 35.8 Å². The second kappa shape index (κ2) is 7.65. The Kier molecular flexibility index (Phi) is 5.41. The Labute approximate surface area is 167 Å². The van der Waals surface area contributed by atoms with Crippen LogP contribution in [0.3, 0.4) is 0 Å². The number of aryl methyl sites for hydroxylation is 2. The van der Waals surface area contributed by atoms with E-state index < -0.39 is 0 Å². The van der Waals surface area contributed by atoms with Gasteiger partial charge in [-0.2, -0.15) is 0 Å². The van der Waals surface area contributed by atoms with Gasteiger partial charge in [0.15, 0.2) is 0 Å². The van der Waals surface area contributed by atoms with E-state index in [9.17, 15) is 0 Å². The van der Waals surface area contributed by atoms with E-state index in [1.54, 1.807) is 0 Å². The summed E-state index contributed by atoms with van der Waals surface area (Å²) < 4.78 is 6.26. The molecular formula is C23H32N2OS. The molecule has 0 saturated carbocycles. The quantitative estimate of drug-likeness (QED) is 0.685. The standard InChI is InChI=1S/C23H32N2OS/c1-18-8-9-19(16-24-18)22(2,3)25-13-12-23(17-25,21-7-4-14-26-21)11-10-20-6-5-15-27-20/h5-6,8-9,15-16,21H,4,7,10-14,17H2,1-3H3/t21?,23-/m0/s1. The molecule has 2 saturated heterocycles. The van der Waals surface area contributed by atoms with Crippen LogP contribution in [0.25, 0.3) is 0 Å². The van der Waals surface area contributed by atoms with E-state index in [2.05, 4.69) is 66.5 Å². The molecule has 1 unspecified atom stereocenters. The van der Waals surface area contributed by atoms with E-state index >= 15 is 0 Å². The molecule has 3 nitrogen and oxygen atoms in total. The zero-order chi connectivity index (χ0) is 18.9. The van der Waals surface area contributed by atoms with Crippen molar-refractivity contribution in [3.8, 4) is 0 Å². The summed E-state index contributed by atoms with van der Waals surface area (Å²) in [6.45, 7) is 9.97. The number of rotatable bonds is 6. The molecular weight excluding hydrogens is 352 g/mol. The minimum Gasteiger partial charge on any atom is -0.378 e. The molecule has 2 aromatic heterocycles. The van der Waals surface area contributed by atoms with Crippen LogP contribution >= 0.6 is 11.3 Å². The zero-order valence-electron chi connectivity index (χ0n) is 16.9. The van der Waals surface area contributed by atoms with Gasteiger partial charge in [0.25, 0.3) is 0 Å². The van der Waals surface area contributed by atoms with Gasteiger partial charge in [0.05, 0.1) is 6.10 Å². The first-order valence-electron chi connectivity index (χ1n) is 10.3. The first kappa shape index (κ1) is 19.1. The van der Waals surface area contributed by atoms with Crippen molar-refractivity contribution < 1.29 is 4.74 Å². The summed E-state index contributed by atoms with van der Waals surface area (Å²) in [5.41, 5.74) is 2.69. The molecule has 0 radical (unpaired) electrons. The third-order valence-corrected chi connectivity index (χ3v) is 7.79.